The van der Waals surface area contributed by atoms with Gasteiger partial charge in [0, 0.05) is 17.6 Å². The Morgan fingerprint density at radius 3 is 2.92 bits per heavy atom. The van der Waals surface area contributed by atoms with Crippen molar-refractivity contribution in [1.29, 1.82) is 0 Å². The van der Waals surface area contributed by atoms with Crippen LogP contribution in [-0.2, 0) is 23.8 Å². The number of carbonyl (C=O) groups excluding carboxylic acids is 2. The van der Waals surface area contributed by atoms with Crippen molar-refractivity contribution in [3.63, 3.8) is 0 Å². The molecule has 6 heteroatoms. The van der Waals surface area contributed by atoms with E-state index in [2.05, 4.69) is 12.7 Å². The van der Waals surface area contributed by atoms with Gasteiger partial charge in [-0.15, -0.1) is 0 Å². The Hall–Kier alpha value is -1.92. The first-order chi connectivity index (χ1) is 12.3. The van der Waals surface area contributed by atoms with Crippen LogP contribution >= 0.6 is 0 Å². The Morgan fingerprint density at radius 2 is 2.27 bits per heavy atom. The van der Waals surface area contributed by atoms with E-state index in [4.69, 9.17) is 14.2 Å². The third-order valence-electron chi connectivity index (χ3n) is 5.65. The lowest BCUT2D eigenvalue weighted by Gasteiger charge is -2.28. The quantitative estimate of drug-likeness (QED) is 0.359. The van der Waals surface area contributed by atoms with Crippen molar-refractivity contribution >= 4 is 11.9 Å². The summed E-state index contributed by atoms with van der Waals surface area (Å²) in [6.45, 7) is 9.17. The third-order valence-corrected chi connectivity index (χ3v) is 5.65. The summed E-state index contributed by atoms with van der Waals surface area (Å²) in [6, 6.07) is 0. The van der Waals surface area contributed by atoms with Crippen LogP contribution in [0.25, 0.3) is 0 Å². The number of esters is 2. The minimum Gasteiger partial charge on any atom is -0.458 e. The number of fused-ring (bicyclic) bond motifs is 3. The van der Waals surface area contributed by atoms with Crippen molar-refractivity contribution in [2.45, 2.75) is 63.9 Å². The molecule has 0 spiro atoms. The first-order valence-electron chi connectivity index (χ1n) is 9.01. The van der Waals surface area contributed by atoms with E-state index in [1.807, 2.05) is 6.92 Å². The van der Waals surface area contributed by atoms with E-state index in [0.717, 1.165) is 12.0 Å². The lowest BCUT2D eigenvalue weighted by molar-refractivity contribution is -0.148. The molecule has 2 fully saturated rings. The van der Waals surface area contributed by atoms with Crippen LogP contribution in [0.3, 0.4) is 0 Å². The van der Waals surface area contributed by atoms with Crippen LogP contribution in [0.4, 0.5) is 0 Å². The van der Waals surface area contributed by atoms with Crippen molar-refractivity contribution in [3.05, 3.63) is 35.5 Å². The highest BCUT2D eigenvalue weighted by Crippen LogP contribution is 2.50. The molecule has 26 heavy (non-hydrogen) atoms. The van der Waals surface area contributed by atoms with Crippen molar-refractivity contribution in [2.24, 2.45) is 5.92 Å². The maximum atomic E-state index is 12.4. The van der Waals surface area contributed by atoms with Gasteiger partial charge in [-0.05, 0) is 33.6 Å². The van der Waals surface area contributed by atoms with E-state index < -0.39 is 41.8 Å². The van der Waals surface area contributed by atoms with Crippen LogP contribution in [0.2, 0.25) is 0 Å². The zero-order valence-corrected chi connectivity index (χ0v) is 15.5. The summed E-state index contributed by atoms with van der Waals surface area (Å²) in [7, 11) is 0. The average Bonchev–Trinajstić information content (AvgIpc) is 3.26. The van der Waals surface area contributed by atoms with E-state index in [9.17, 15) is 14.7 Å². The molecule has 1 N–H and O–H groups in total. The van der Waals surface area contributed by atoms with Crippen molar-refractivity contribution in [1.82, 2.24) is 0 Å². The van der Waals surface area contributed by atoms with Crippen LogP contribution in [0.15, 0.2) is 35.5 Å². The van der Waals surface area contributed by atoms with Gasteiger partial charge in [0.2, 0.25) is 0 Å². The van der Waals surface area contributed by atoms with Gasteiger partial charge in [0.25, 0.3) is 0 Å². The predicted octanol–water partition coefficient (Wildman–Crippen LogP) is 2.22. The molecule has 2 heterocycles. The number of epoxide rings is 1. The first kappa shape index (κ1) is 18.9. The second-order valence-electron chi connectivity index (χ2n) is 7.39. The lowest BCUT2D eigenvalue weighted by atomic mass is 9.81. The Morgan fingerprint density at radius 1 is 1.54 bits per heavy atom. The smallest absolute Gasteiger partial charge is 0.334 e. The molecular weight excluding hydrogens is 336 g/mol. The number of aliphatic hydroxyl groups is 1. The van der Waals surface area contributed by atoms with Crippen molar-refractivity contribution in [3.8, 4) is 0 Å². The zero-order chi connectivity index (χ0) is 19.1. The highest BCUT2D eigenvalue weighted by atomic mass is 16.7. The van der Waals surface area contributed by atoms with E-state index in [1.54, 1.807) is 19.9 Å². The fourth-order valence-electron chi connectivity index (χ4n) is 3.84. The number of ether oxygens (including phenoxy) is 3. The van der Waals surface area contributed by atoms with Gasteiger partial charge >= 0.3 is 11.9 Å². The van der Waals surface area contributed by atoms with Gasteiger partial charge in [0.15, 0.2) is 0 Å². The normalized spacial score (nSPS) is 39.2. The summed E-state index contributed by atoms with van der Waals surface area (Å²) in [5.41, 5.74) is 1.15. The van der Waals surface area contributed by atoms with Gasteiger partial charge < -0.3 is 19.3 Å². The monoisotopic (exact) mass is 362 g/mol. The summed E-state index contributed by atoms with van der Waals surface area (Å²) in [5.74, 6) is -1.40. The fraction of sp³-hybridized carbons (Fsp3) is 0.600. The molecule has 0 aromatic rings. The molecule has 0 aromatic heterocycles. The highest BCUT2D eigenvalue weighted by molar-refractivity contribution is 5.91. The molecule has 2 saturated heterocycles. The van der Waals surface area contributed by atoms with Gasteiger partial charge in [-0.25, -0.2) is 9.59 Å². The van der Waals surface area contributed by atoms with Gasteiger partial charge in [0.1, 0.15) is 23.9 Å². The minimum absolute atomic E-state index is 0.139. The second-order valence-corrected chi connectivity index (χ2v) is 7.39. The maximum Gasteiger partial charge on any atom is 0.334 e. The first-order valence-corrected chi connectivity index (χ1v) is 9.01. The molecule has 142 valence electrons. The van der Waals surface area contributed by atoms with Gasteiger partial charge in [0.05, 0.1) is 12.5 Å². The van der Waals surface area contributed by atoms with Crippen LogP contribution in [0, 0.1) is 5.92 Å². The molecular formula is C20H26O6. The van der Waals surface area contributed by atoms with Gasteiger partial charge in [-0.2, -0.15) is 0 Å². The van der Waals surface area contributed by atoms with Gasteiger partial charge in [-0.1, -0.05) is 24.3 Å². The Kier molecular flexibility index (Phi) is 5.08. The molecule has 0 radical (unpaired) electrons. The molecule has 2 aliphatic heterocycles. The molecule has 0 bridgehead atoms. The number of hydrogen-bond acceptors (Lipinski definition) is 6. The van der Waals surface area contributed by atoms with E-state index >= 15 is 0 Å². The average molecular weight is 362 g/mol. The highest BCUT2D eigenvalue weighted by Gasteiger charge is 2.65. The number of hydrogen-bond donors (Lipinski definition) is 1. The molecule has 3 rings (SSSR count). The lowest BCUT2D eigenvalue weighted by Crippen LogP contribution is -2.39. The fourth-order valence-corrected chi connectivity index (χ4v) is 3.84. The van der Waals surface area contributed by atoms with Crippen LogP contribution < -0.4 is 0 Å². The molecule has 0 aromatic carbocycles. The zero-order valence-electron chi connectivity index (χ0n) is 15.5. The molecule has 0 unspecified atom stereocenters. The minimum atomic E-state index is -0.699. The van der Waals surface area contributed by atoms with Crippen LogP contribution in [0.5, 0.6) is 0 Å². The molecule has 0 saturated carbocycles. The summed E-state index contributed by atoms with van der Waals surface area (Å²) in [4.78, 5) is 24.5. The maximum absolute atomic E-state index is 12.4. The summed E-state index contributed by atoms with van der Waals surface area (Å²) in [5, 5.41) is 9.80. The standard InChI is InChI=1S/C20H26O6/c1-5-12(3)18(22)24-14-9-11(2)7-6-8-20(10-21)17(26-20)16-15(14)13(4)19(23)25-16/h5,7,14-17,21H,4,6,8-10H2,1-3H3/b11-7+,12-5+/t14-,15-,16+,17-,20+/m1/s1. The summed E-state index contributed by atoms with van der Waals surface area (Å²) in [6.07, 6.45) is 4.07. The van der Waals surface area contributed by atoms with Gasteiger partial charge in [-0.3, -0.25) is 0 Å². The Labute approximate surface area is 153 Å². The van der Waals surface area contributed by atoms with Crippen molar-refractivity contribution < 1.29 is 28.9 Å². The molecule has 0 amide bonds. The second kappa shape index (κ2) is 7.00. The van der Waals surface area contributed by atoms with Crippen LogP contribution in [-0.4, -0.2) is 47.6 Å². The summed E-state index contributed by atoms with van der Waals surface area (Å²) >= 11 is 0. The predicted molar refractivity (Wildman–Crippen MR) is 94.1 cm³/mol. The topological polar surface area (TPSA) is 85.4 Å². The van der Waals surface area contributed by atoms with Crippen LogP contribution in [0.1, 0.15) is 40.0 Å². The third kappa shape index (κ3) is 3.23. The summed E-state index contributed by atoms with van der Waals surface area (Å²) < 4.78 is 17.1. The molecule has 3 aliphatic rings. The van der Waals surface area contributed by atoms with E-state index in [0.29, 0.717) is 24.0 Å². The number of allylic oxidation sites excluding steroid dienone is 2. The van der Waals surface area contributed by atoms with E-state index in [1.165, 1.54) is 0 Å². The molecule has 5 atom stereocenters. The van der Waals surface area contributed by atoms with E-state index in [-0.39, 0.29) is 6.61 Å². The number of rotatable bonds is 3. The Balaban J connectivity index is 1.95. The molecule has 1 aliphatic carbocycles. The number of carbonyl (C=O) groups is 2. The number of aliphatic hydroxyl groups excluding tert-OH is 1. The van der Waals surface area contributed by atoms with Crippen molar-refractivity contribution in [2.75, 3.05) is 6.61 Å². The SMILES string of the molecule is C=C1C(=O)O[C@H]2[C@H]1[C@H](OC(=O)/C(C)=C/C)C/C(C)=C/CC[C@@]1(CO)O[C@H]21. The Bertz CT molecular complexity index is 690. The molecule has 6 nitrogen and oxygen atoms in total. The largest absolute Gasteiger partial charge is 0.458 e.